The second kappa shape index (κ2) is 7.59. The highest BCUT2D eigenvalue weighted by molar-refractivity contribution is 5.76. The van der Waals surface area contributed by atoms with Gasteiger partial charge >= 0.3 is 5.69 Å². The highest BCUT2D eigenvalue weighted by Gasteiger charge is 2.33. The molecule has 2 aliphatic rings. The minimum atomic E-state index is -0.667. The number of methoxy groups -OCH3 is 1. The van der Waals surface area contributed by atoms with Crippen molar-refractivity contribution in [1.82, 2.24) is 14.0 Å². The predicted octanol–water partition coefficient (Wildman–Crippen LogP) is 1.03. The number of nitrogens with zero attached hydrogens (tertiary/aromatic N) is 4. The molecule has 0 bridgehead atoms. The first-order chi connectivity index (χ1) is 14.0. The van der Waals surface area contributed by atoms with Crippen molar-refractivity contribution < 1.29 is 9.53 Å². The second-order valence-electron chi connectivity index (χ2n) is 7.46. The van der Waals surface area contributed by atoms with E-state index >= 15 is 0 Å². The molecule has 1 aliphatic heterocycles. The molecule has 0 unspecified atom stereocenters. The Labute approximate surface area is 167 Å². The fraction of sp³-hybridized carbons (Fsp3) is 0.429. The quantitative estimate of drug-likeness (QED) is 0.729. The highest BCUT2D eigenvalue weighted by Crippen LogP contribution is 2.29. The summed E-state index contributed by atoms with van der Waals surface area (Å²) in [6.45, 7) is 0.522. The molecule has 0 radical (unpaired) electrons. The van der Waals surface area contributed by atoms with Crippen LogP contribution in [-0.4, -0.2) is 33.1 Å². The van der Waals surface area contributed by atoms with Crippen molar-refractivity contribution in [3.63, 3.8) is 0 Å². The SMILES string of the molecule is COc1ccc(CN(C(=O)Cn2c(=O)c(C#N)c3n(c2=O)CCC3)C2CC2)cc1. The summed E-state index contributed by atoms with van der Waals surface area (Å²) in [5, 5.41) is 9.39. The average Bonchev–Trinajstić information content (AvgIpc) is 3.46. The Kier molecular flexibility index (Phi) is 4.97. The van der Waals surface area contributed by atoms with Gasteiger partial charge in [0.1, 0.15) is 23.9 Å². The molecule has 150 valence electrons. The van der Waals surface area contributed by atoms with E-state index in [4.69, 9.17) is 4.74 Å². The number of hydrogen-bond donors (Lipinski definition) is 0. The first kappa shape index (κ1) is 19.0. The number of carbonyl (C=O) groups excluding carboxylic acids is 1. The summed E-state index contributed by atoms with van der Waals surface area (Å²) >= 11 is 0. The minimum absolute atomic E-state index is 0.0250. The van der Waals surface area contributed by atoms with Crippen molar-refractivity contribution in [2.75, 3.05) is 7.11 Å². The number of ether oxygens (including phenoxy) is 1. The summed E-state index contributed by atoms with van der Waals surface area (Å²) in [4.78, 5) is 40.2. The Morgan fingerprint density at radius 1 is 1.28 bits per heavy atom. The fourth-order valence-corrected chi connectivity index (χ4v) is 3.85. The molecule has 2 heterocycles. The van der Waals surface area contributed by atoms with Gasteiger partial charge in [-0.25, -0.2) is 9.36 Å². The molecule has 1 aromatic carbocycles. The fourth-order valence-electron chi connectivity index (χ4n) is 3.85. The molecular formula is C21H22N4O4. The third kappa shape index (κ3) is 3.56. The number of rotatable bonds is 6. The van der Waals surface area contributed by atoms with Crippen LogP contribution in [0.15, 0.2) is 33.9 Å². The van der Waals surface area contributed by atoms with E-state index in [-0.39, 0.29) is 24.1 Å². The Morgan fingerprint density at radius 3 is 2.62 bits per heavy atom. The monoisotopic (exact) mass is 394 g/mol. The van der Waals surface area contributed by atoms with Gasteiger partial charge in [-0.2, -0.15) is 5.26 Å². The summed E-state index contributed by atoms with van der Waals surface area (Å²) in [6, 6.07) is 9.50. The third-order valence-electron chi connectivity index (χ3n) is 5.56. The summed E-state index contributed by atoms with van der Waals surface area (Å²) in [5.41, 5.74) is 0.238. The number of benzene rings is 1. The zero-order valence-electron chi connectivity index (χ0n) is 16.3. The Hall–Kier alpha value is -3.34. The normalized spacial score (nSPS) is 14.9. The molecule has 4 rings (SSSR count). The number of carbonyl (C=O) groups is 1. The van der Waals surface area contributed by atoms with Crippen LogP contribution in [0.25, 0.3) is 0 Å². The first-order valence-electron chi connectivity index (χ1n) is 9.72. The maximum absolute atomic E-state index is 13.0. The predicted molar refractivity (Wildman–Crippen MR) is 105 cm³/mol. The number of nitriles is 1. The van der Waals surface area contributed by atoms with Crippen molar-refractivity contribution in [1.29, 1.82) is 5.26 Å². The zero-order chi connectivity index (χ0) is 20.5. The minimum Gasteiger partial charge on any atom is -0.497 e. The van der Waals surface area contributed by atoms with Crippen LogP contribution in [0.5, 0.6) is 5.75 Å². The Morgan fingerprint density at radius 2 is 2.00 bits per heavy atom. The van der Waals surface area contributed by atoms with Gasteiger partial charge in [-0.15, -0.1) is 0 Å². The van der Waals surface area contributed by atoms with Crippen molar-refractivity contribution >= 4 is 5.91 Å². The van der Waals surface area contributed by atoms with Gasteiger partial charge in [0.15, 0.2) is 0 Å². The maximum Gasteiger partial charge on any atom is 0.331 e. The standard InChI is InChI=1S/C21H22N4O4/c1-29-16-8-4-14(5-9-16)12-24(15-6-7-15)19(26)13-25-20(27)17(11-22)18-3-2-10-23(18)21(25)28/h4-5,8-9,15H,2-3,6-7,10,12-13H2,1H3. The lowest BCUT2D eigenvalue weighted by Gasteiger charge is -2.23. The molecule has 1 fully saturated rings. The smallest absolute Gasteiger partial charge is 0.331 e. The molecule has 8 nitrogen and oxygen atoms in total. The molecule has 0 saturated heterocycles. The lowest BCUT2D eigenvalue weighted by Crippen LogP contribution is -2.46. The molecule has 1 saturated carbocycles. The van der Waals surface area contributed by atoms with Crippen LogP contribution >= 0.6 is 0 Å². The van der Waals surface area contributed by atoms with Crippen LogP contribution < -0.4 is 16.0 Å². The number of hydrogen-bond acceptors (Lipinski definition) is 5. The highest BCUT2D eigenvalue weighted by atomic mass is 16.5. The summed E-state index contributed by atoms with van der Waals surface area (Å²) < 4.78 is 7.54. The van der Waals surface area contributed by atoms with E-state index in [1.54, 1.807) is 12.0 Å². The third-order valence-corrected chi connectivity index (χ3v) is 5.56. The van der Waals surface area contributed by atoms with Crippen LogP contribution in [0.2, 0.25) is 0 Å². The van der Waals surface area contributed by atoms with Gasteiger partial charge in [-0.1, -0.05) is 12.1 Å². The van der Waals surface area contributed by atoms with E-state index in [2.05, 4.69) is 0 Å². The van der Waals surface area contributed by atoms with E-state index < -0.39 is 11.2 Å². The van der Waals surface area contributed by atoms with Gasteiger partial charge in [0, 0.05) is 24.8 Å². The van der Waals surface area contributed by atoms with E-state index in [1.165, 1.54) is 4.57 Å². The summed E-state index contributed by atoms with van der Waals surface area (Å²) in [7, 11) is 1.59. The van der Waals surface area contributed by atoms with Gasteiger partial charge < -0.3 is 9.64 Å². The number of aromatic nitrogens is 2. The van der Waals surface area contributed by atoms with Crippen LogP contribution in [0.3, 0.4) is 0 Å². The molecular weight excluding hydrogens is 372 g/mol. The molecule has 2 aromatic rings. The molecule has 29 heavy (non-hydrogen) atoms. The summed E-state index contributed by atoms with van der Waals surface area (Å²) in [6.07, 6.45) is 3.06. The van der Waals surface area contributed by atoms with Crippen LogP contribution in [0, 0.1) is 11.3 Å². The van der Waals surface area contributed by atoms with Gasteiger partial charge in [0.05, 0.1) is 7.11 Å². The Bertz CT molecular complexity index is 1100. The lowest BCUT2D eigenvalue weighted by atomic mass is 10.2. The van der Waals surface area contributed by atoms with Gasteiger partial charge in [-0.3, -0.25) is 14.2 Å². The number of amides is 1. The molecule has 1 aliphatic carbocycles. The van der Waals surface area contributed by atoms with Crippen LogP contribution in [0.4, 0.5) is 0 Å². The summed E-state index contributed by atoms with van der Waals surface area (Å²) in [5.74, 6) is 0.449. The van der Waals surface area contributed by atoms with Crippen LogP contribution in [-0.2, 0) is 30.8 Å². The lowest BCUT2D eigenvalue weighted by molar-refractivity contribution is -0.133. The topological polar surface area (TPSA) is 97.3 Å². The molecule has 8 heteroatoms. The van der Waals surface area contributed by atoms with Crippen molar-refractivity contribution in [2.45, 2.75) is 51.4 Å². The van der Waals surface area contributed by atoms with E-state index in [0.29, 0.717) is 31.6 Å². The van der Waals surface area contributed by atoms with Crippen molar-refractivity contribution in [2.24, 2.45) is 0 Å². The molecule has 0 N–H and O–H groups in total. The molecule has 1 amide bonds. The van der Waals surface area contributed by atoms with E-state index in [1.807, 2.05) is 30.3 Å². The van der Waals surface area contributed by atoms with Gasteiger partial charge in [0.25, 0.3) is 5.56 Å². The first-order valence-corrected chi connectivity index (χ1v) is 9.72. The maximum atomic E-state index is 13.0. The average molecular weight is 394 g/mol. The van der Waals surface area contributed by atoms with E-state index in [0.717, 1.165) is 28.7 Å². The molecule has 0 atom stereocenters. The number of fused-ring (bicyclic) bond motifs is 1. The van der Waals surface area contributed by atoms with E-state index in [9.17, 15) is 19.6 Å². The largest absolute Gasteiger partial charge is 0.497 e. The van der Waals surface area contributed by atoms with Gasteiger partial charge in [-0.05, 0) is 43.4 Å². The molecule has 0 spiro atoms. The van der Waals surface area contributed by atoms with Crippen molar-refractivity contribution in [3.8, 4) is 11.8 Å². The second-order valence-corrected chi connectivity index (χ2v) is 7.46. The van der Waals surface area contributed by atoms with Crippen molar-refractivity contribution in [3.05, 3.63) is 61.9 Å². The van der Waals surface area contributed by atoms with Crippen LogP contribution in [0.1, 0.15) is 36.1 Å². The Balaban J connectivity index is 1.61. The zero-order valence-corrected chi connectivity index (χ0v) is 16.3. The molecule has 1 aromatic heterocycles. The van der Waals surface area contributed by atoms with Gasteiger partial charge in [0.2, 0.25) is 5.91 Å².